The molecule has 0 aliphatic rings. The van der Waals surface area contributed by atoms with Crippen LogP contribution in [0.4, 0.5) is 0 Å². The standard InChI is InChI=1S/C15H15N3O3/c1-20-12-6-3-5-10(14(12)21-2)13-11(9-19)15-16-7-4-8-18(15)17-13/h3-8,19H,9H2,1-2H3. The van der Waals surface area contributed by atoms with Gasteiger partial charge < -0.3 is 14.6 Å². The third kappa shape index (κ3) is 2.09. The molecule has 3 rings (SSSR count). The zero-order valence-electron chi connectivity index (χ0n) is 11.8. The Morgan fingerprint density at radius 2 is 2.05 bits per heavy atom. The highest BCUT2D eigenvalue weighted by Crippen LogP contribution is 2.39. The van der Waals surface area contributed by atoms with Crippen molar-refractivity contribution in [2.75, 3.05) is 14.2 Å². The first kappa shape index (κ1) is 13.4. The number of aliphatic hydroxyl groups excluding tert-OH is 1. The number of methoxy groups -OCH3 is 2. The van der Waals surface area contributed by atoms with Gasteiger partial charge in [-0.25, -0.2) is 9.50 Å². The predicted molar refractivity (Wildman–Crippen MR) is 77.4 cm³/mol. The lowest BCUT2D eigenvalue weighted by Gasteiger charge is -2.11. The van der Waals surface area contributed by atoms with Crippen molar-refractivity contribution in [2.24, 2.45) is 0 Å². The van der Waals surface area contributed by atoms with Gasteiger partial charge in [-0.05, 0) is 18.2 Å². The third-order valence-electron chi connectivity index (χ3n) is 3.31. The average molecular weight is 285 g/mol. The van der Waals surface area contributed by atoms with E-state index in [9.17, 15) is 5.11 Å². The minimum absolute atomic E-state index is 0.157. The molecule has 6 heteroatoms. The van der Waals surface area contributed by atoms with E-state index in [2.05, 4.69) is 10.1 Å². The van der Waals surface area contributed by atoms with Crippen LogP contribution >= 0.6 is 0 Å². The van der Waals surface area contributed by atoms with Crippen LogP contribution in [0.3, 0.4) is 0 Å². The molecule has 6 nitrogen and oxygen atoms in total. The van der Waals surface area contributed by atoms with Gasteiger partial charge in [-0.15, -0.1) is 0 Å². The zero-order chi connectivity index (χ0) is 14.8. The summed E-state index contributed by atoms with van der Waals surface area (Å²) in [7, 11) is 3.16. The summed E-state index contributed by atoms with van der Waals surface area (Å²) in [6.45, 7) is -0.157. The molecule has 0 saturated heterocycles. The molecule has 2 heterocycles. The largest absolute Gasteiger partial charge is 0.493 e. The first-order chi connectivity index (χ1) is 10.3. The number of aromatic nitrogens is 3. The number of ether oxygens (including phenoxy) is 2. The number of nitrogens with zero attached hydrogens (tertiary/aromatic N) is 3. The summed E-state index contributed by atoms with van der Waals surface area (Å²) in [6, 6.07) is 7.33. The van der Waals surface area contributed by atoms with E-state index < -0.39 is 0 Å². The molecule has 108 valence electrons. The molecule has 0 radical (unpaired) electrons. The van der Waals surface area contributed by atoms with Crippen LogP contribution in [0.1, 0.15) is 5.56 Å². The van der Waals surface area contributed by atoms with Crippen LogP contribution in [0, 0.1) is 0 Å². The molecule has 2 aromatic heterocycles. The van der Waals surface area contributed by atoms with Gasteiger partial charge in [-0.3, -0.25) is 0 Å². The van der Waals surface area contributed by atoms with Crippen LogP contribution in [-0.2, 0) is 6.61 Å². The highest BCUT2D eigenvalue weighted by molar-refractivity contribution is 5.77. The number of fused-ring (bicyclic) bond motifs is 1. The average Bonchev–Trinajstić information content (AvgIpc) is 2.92. The Hall–Kier alpha value is -2.60. The van der Waals surface area contributed by atoms with E-state index in [0.29, 0.717) is 28.4 Å². The summed E-state index contributed by atoms with van der Waals surface area (Å²) < 4.78 is 12.4. The van der Waals surface area contributed by atoms with E-state index in [1.54, 1.807) is 37.2 Å². The minimum Gasteiger partial charge on any atom is -0.493 e. The molecule has 3 aromatic rings. The van der Waals surface area contributed by atoms with Crippen LogP contribution in [0.15, 0.2) is 36.7 Å². The highest BCUT2D eigenvalue weighted by Gasteiger charge is 2.20. The van der Waals surface area contributed by atoms with E-state index in [1.807, 2.05) is 18.2 Å². The van der Waals surface area contributed by atoms with Crippen LogP contribution < -0.4 is 9.47 Å². The Morgan fingerprint density at radius 1 is 1.19 bits per heavy atom. The first-order valence-electron chi connectivity index (χ1n) is 6.44. The number of hydrogen-bond donors (Lipinski definition) is 1. The van der Waals surface area contributed by atoms with Crippen molar-refractivity contribution in [3.63, 3.8) is 0 Å². The van der Waals surface area contributed by atoms with E-state index >= 15 is 0 Å². The Balaban J connectivity index is 2.30. The van der Waals surface area contributed by atoms with Crippen LogP contribution in [-0.4, -0.2) is 33.9 Å². The lowest BCUT2D eigenvalue weighted by Crippen LogP contribution is -1.95. The van der Waals surface area contributed by atoms with Crippen molar-refractivity contribution in [2.45, 2.75) is 6.61 Å². The van der Waals surface area contributed by atoms with Crippen molar-refractivity contribution in [3.05, 3.63) is 42.2 Å². The van der Waals surface area contributed by atoms with Gasteiger partial charge >= 0.3 is 0 Å². The maximum atomic E-state index is 9.69. The van der Waals surface area contributed by atoms with Gasteiger partial charge in [0, 0.05) is 18.0 Å². The van der Waals surface area contributed by atoms with Gasteiger partial charge in [-0.2, -0.15) is 5.10 Å². The lowest BCUT2D eigenvalue weighted by molar-refractivity contribution is 0.283. The van der Waals surface area contributed by atoms with Gasteiger partial charge in [0.05, 0.1) is 26.4 Å². The second kappa shape index (κ2) is 5.41. The van der Waals surface area contributed by atoms with Crippen molar-refractivity contribution in [3.8, 4) is 22.8 Å². The molecule has 1 aromatic carbocycles. The number of para-hydroxylation sites is 1. The molecule has 21 heavy (non-hydrogen) atoms. The fourth-order valence-corrected chi connectivity index (χ4v) is 2.37. The van der Waals surface area contributed by atoms with E-state index in [-0.39, 0.29) is 6.61 Å². The van der Waals surface area contributed by atoms with Gasteiger partial charge in [0.15, 0.2) is 17.1 Å². The summed E-state index contributed by atoms with van der Waals surface area (Å²) in [5, 5.41) is 14.2. The molecule has 1 N–H and O–H groups in total. The summed E-state index contributed by atoms with van der Waals surface area (Å²) >= 11 is 0. The topological polar surface area (TPSA) is 68.9 Å². The molecule has 0 bridgehead atoms. The van der Waals surface area contributed by atoms with E-state index in [0.717, 1.165) is 5.56 Å². The summed E-state index contributed by atoms with van der Waals surface area (Å²) in [4.78, 5) is 4.26. The fourth-order valence-electron chi connectivity index (χ4n) is 2.37. The number of hydrogen-bond acceptors (Lipinski definition) is 5. The Bertz CT molecular complexity index is 783. The first-order valence-corrected chi connectivity index (χ1v) is 6.44. The summed E-state index contributed by atoms with van der Waals surface area (Å²) in [5.74, 6) is 1.20. The van der Waals surface area contributed by atoms with Gasteiger partial charge in [-0.1, -0.05) is 6.07 Å². The maximum Gasteiger partial charge on any atom is 0.170 e. The minimum atomic E-state index is -0.157. The monoisotopic (exact) mass is 285 g/mol. The molecular formula is C15H15N3O3. The zero-order valence-corrected chi connectivity index (χ0v) is 11.8. The van der Waals surface area contributed by atoms with E-state index in [4.69, 9.17) is 9.47 Å². The predicted octanol–water partition coefficient (Wildman–Crippen LogP) is 1.91. The Morgan fingerprint density at radius 3 is 2.76 bits per heavy atom. The molecule has 0 aliphatic carbocycles. The van der Waals surface area contributed by atoms with Crippen LogP contribution in [0.5, 0.6) is 11.5 Å². The Labute approximate surface area is 121 Å². The van der Waals surface area contributed by atoms with Crippen LogP contribution in [0.2, 0.25) is 0 Å². The molecule has 0 aliphatic heterocycles. The van der Waals surface area contributed by atoms with Crippen molar-refractivity contribution in [1.29, 1.82) is 0 Å². The number of benzene rings is 1. The molecule has 0 spiro atoms. The maximum absolute atomic E-state index is 9.69. The normalized spacial score (nSPS) is 10.8. The third-order valence-corrected chi connectivity index (χ3v) is 3.31. The van der Waals surface area contributed by atoms with E-state index in [1.165, 1.54) is 0 Å². The van der Waals surface area contributed by atoms with Crippen molar-refractivity contribution >= 4 is 5.65 Å². The van der Waals surface area contributed by atoms with Crippen molar-refractivity contribution in [1.82, 2.24) is 14.6 Å². The quantitative estimate of drug-likeness (QED) is 0.793. The molecule has 0 saturated carbocycles. The molecule has 0 fully saturated rings. The second-order valence-corrected chi connectivity index (χ2v) is 4.41. The van der Waals surface area contributed by atoms with Gasteiger partial charge in [0.25, 0.3) is 0 Å². The highest BCUT2D eigenvalue weighted by atomic mass is 16.5. The fraction of sp³-hybridized carbons (Fsp3) is 0.200. The molecule has 0 unspecified atom stereocenters. The SMILES string of the molecule is COc1cccc(-c2nn3cccnc3c2CO)c1OC. The summed E-state index contributed by atoms with van der Waals surface area (Å²) in [5.41, 5.74) is 2.67. The summed E-state index contributed by atoms with van der Waals surface area (Å²) in [6.07, 6.45) is 3.46. The molecule has 0 atom stereocenters. The number of rotatable bonds is 4. The Kier molecular flexibility index (Phi) is 3.45. The molecular weight excluding hydrogens is 270 g/mol. The smallest absolute Gasteiger partial charge is 0.170 e. The van der Waals surface area contributed by atoms with Gasteiger partial charge in [0.1, 0.15) is 5.69 Å². The lowest BCUT2D eigenvalue weighted by atomic mass is 10.1. The second-order valence-electron chi connectivity index (χ2n) is 4.41. The van der Waals surface area contributed by atoms with Crippen molar-refractivity contribution < 1.29 is 14.6 Å². The number of aliphatic hydroxyl groups is 1. The molecule has 0 amide bonds. The van der Waals surface area contributed by atoms with Gasteiger partial charge in [0.2, 0.25) is 0 Å². The van der Waals surface area contributed by atoms with Crippen LogP contribution in [0.25, 0.3) is 16.9 Å².